The van der Waals surface area contributed by atoms with E-state index in [4.69, 9.17) is 0 Å². The molecule has 1 aliphatic rings. The molecular formula is C17H28FN3. The lowest BCUT2D eigenvalue weighted by atomic mass is 10.0. The van der Waals surface area contributed by atoms with Crippen LogP contribution >= 0.6 is 0 Å². The Kier molecular flexibility index (Phi) is 5.59. The SMILES string of the molecule is CCN1CCCC1CN(C)c1cccc(F)c1C(C)NC. The van der Waals surface area contributed by atoms with Gasteiger partial charge in [0.1, 0.15) is 5.82 Å². The lowest BCUT2D eigenvalue weighted by Crippen LogP contribution is -2.39. The normalized spacial score (nSPS) is 20.7. The molecule has 3 nitrogen and oxygen atoms in total. The van der Waals surface area contributed by atoms with Crippen LogP contribution in [0.1, 0.15) is 38.3 Å². The van der Waals surface area contributed by atoms with E-state index in [-0.39, 0.29) is 11.9 Å². The first-order chi connectivity index (χ1) is 10.1. The van der Waals surface area contributed by atoms with Gasteiger partial charge in [-0.25, -0.2) is 4.39 Å². The fourth-order valence-electron chi connectivity index (χ4n) is 3.36. The minimum atomic E-state index is -0.125. The zero-order valence-electron chi connectivity index (χ0n) is 13.7. The van der Waals surface area contributed by atoms with Crippen LogP contribution in [0.5, 0.6) is 0 Å². The van der Waals surface area contributed by atoms with E-state index in [0.29, 0.717) is 6.04 Å². The molecule has 0 amide bonds. The summed E-state index contributed by atoms with van der Waals surface area (Å²) in [6.07, 6.45) is 2.51. The van der Waals surface area contributed by atoms with E-state index >= 15 is 0 Å². The van der Waals surface area contributed by atoms with Crippen LogP contribution < -0.4 is 10.2 Å². The first-order valence-electron chi connectivity index (χ1n) is 7.99. The number of rotatable bonds is 6. The number of likely N-dealkylation sites (N-methyl/N-ethyl adjacent to an activating group) is 2. The van der Waals surface area contributed by atoms with Crippen molar-refractivity contribution in [1.29, 1.82) is 0 Å². The molecule has 0 saturated carbocycles. The molecule has 1 fully saturated rings. The molecule has 1 aromatic carbocycles. The number of benzene rings is 1. The Bertz CT molecular complexity index is 463. The molecule has 21 heavy (non-hydrogen) atoms. The summed E-state index contributed by atoms with van der Waals surface area (Å²) in [5, 5.41) is 3.15. The van der Waals surface area contributed by atoms with Gasteiger partial charge in [0.25, 0.3) is 0 Å². The molecule has 0 aliphatic carbocycles. The van der Waals surface area contributed by atoms with Crippen LogP contribution in [0, 0.1) is 5.82 Å². The molecule has 2 rings (SSSR count). The van der Waals surface area contributed by atoms with Crippen LogP contribution in [0.25, 0.3) is 0 Å². The van der Waals surface area contributed by atoms with Crippen molar-refractivity contribution in [2.24, 2.45) is 0 Å². The molecule has 2 unspecified atom stereocenters. The Morgan fingerprint density at radius 1 is 1.48 bits per heavy atom. The summed E-state index contributed by atoms with van der Waals surface area (Å²) < 4.78 is 14.2. The van der Waals surface area contributed by atoms with E-state index in [1.165, 1.54) is 19.4 Å². The largest absolute Gasteiger partial charge is 0.373 e. The molecule has 2 atom stereocenters. The maximum atomic E-state index is 14.2. The van der Waals surface area contributed by atoms with Crippen LogP contribution in [0.15, 0.2) is 18.2 Å². The lowest BCUT2D eigenvalue weighted by molar-refractivity contribution is 0.270. The third kappa shape index (κ3) is 3.55. The van der Waals surface area contributed by atoms with Crippen LogP contribution in [0.3, 0.4) is 0 Å². The van der Waals surface area contributed by atoms with Crippen LogP contribution in [-0.4, -0.2) is 44.7 Å². The molecule has 0 bridgehead atoms. The highest BCUT2D eigenvalue weighted by atomic mass is 19.1. The standard InChI is InChI=1S/C17H28FN3/c1-5-21-11-7-8-14(21)12-20(4)16-10-6-9-15(18)17(16)13(2)19-3/h6,9-10,13-14,19H,5,7-8,11-12H2,1-4H3. The summed E-state index contributed by atoms with van der Waals surface area (Å²) in [7, 11) is 3.95. The van der Waals surface area contributed by atoms with Crippen LogP contribution in [-0.2, 0) is 0 Å². The number of hydrogen-bond acceptors (Lipinski definition) is 3. The van der Waals surface area contributed by atoms with Crippen molar-refractivity contribution in [2.75, 3.05) is 38.6 Å². The average Bonchev–Trinajstić information content (AvgIpc) is 2.93. The number of likely N-dealkylation sites (tertiary alicyclic amines) is 1. The minimum Gasteiger partial charge on any atom is -0.373 e. The molecule has 0 radical (unpaired) electrons. The van der Waals surface area contributed by atoms with Gasteiger partial charge in [0.05, 0.1) is 0 Å². The van der Waals surface area contributed by atoms with Crippen molar-refractivity contribution in [1.82, 2.24) is 10.2 Å². The van der Waals surface area contributed by atoms with E-state index in [1.54, 1.807) is 12.1 Å². The zero-order chi connectivity index (χ0) is 15.4. The Hall–Kier alpha value is -1.13. The van der Waals surface area contributed by atoms with Crippen molar-refractivity contribution in [3.05, 3.63) is 29.6 Å². The second-order valence-electron chi connectivity index (χ2n) is 5.99. The second kappa shape index (κ2) is 7.23. The molecular weight excluding hydrogens is 265 g/mol. The Morgan fingerprint density at radius 2 is 2.24 bits per heavy atom. The predicted octanol–water partition coefficient (Wildman–Crippen LogP) is 3.03. The fourth-order valence-corrected chi connectivity index (χ4v) is 3.36. The Morgan fingerprint density at radius 3 is 2.90 bits per heavy atom. The number of anilines is 1. The van der Waals surface area contributed by atoms with Gasteiger partial charge >= 0.3 is 0 Å². The lowest BCUT2D eigenvalue weighted by Gasteiger charge is -2.31. The van der Waals surface area contributed by atoms with Gasteiger partial charge < -0.3 is 10.2 Å². The van der Waals surface area contributed by atoms with Gasteiger partial charge in [-0.05, 0) is 52.0 Å². The number of nitrogens with zero attached hydrogens (tertiary/aromatic N) is 2. The van der Waals surface area contributed by atoms with Crippen molar-refractivity contribution in [2.45, 2.75) is 38.8 Å². The third-order valence-corrected chi connectivity index (χ3v) is 4.70. The molecule has 4 heteroatoms. The van der Waals surface area contributed by atoms with Gasteiger partial charge in [0.15, 0.2) is 0 Å². The first kappa shape index (κ1) is 16.2. The fraction of sp³-hybridized carbons (Fsp3) is 0.647. The second-order valence-corrected chi connectivity index (χ2v) is 5.99. The molecule has 1 saturated heterocycles. The van der Waals surface area contributed by atoms with Crippen LogP contribution in [0.4, 0.5) is 10.1 Å². The van der Waals surface area contributed by atoms with Gasteiger partial charge in [-0.1, -0.05) is 13.0 Å². The van der Waals surface area contributed by atoms with Gasteiger partial charge in [0, 0.05) is 36.9 Å². The van der Waals surface area contributed by atoms with E-state index in [2.05, 4.69) is 29.1 Å². The van der Waals surface area contributed by atoms with Gasteiger partial charge in [-0.3, -0.25) is 4.90 Å². The van der Waals surface area contributed by atoms with Gasteiger partial charge in [-0.2, -0.15) is 0 Å². The maximum Gasteiger partial charge on any atom is 0.130 e. The molecule has 1 aliphatic heterocycles. The first-order valence-corrected chi connectivity index (χ1v) is 7.99. The quantitative estimate of drug-likeness (QED) is 0.870. The third-order valence-electron chi connectivity index (χ3n) is 4.70. The smallest absolute Gasteiger partial charge is 0.130 e. The zero-order valence-corrected chi connectivity index (χ0v) is 13.7. The molecule has 1 aromatic rings. The van der Waals surface area contributed by atoms with Gasteiger partial charge in [-0.15, -0.1) is 0 Å². The summed E-state index contributed by atoms with van der Waals surface area (Å²) in [4.78, 5) is 4.74. The summed E-state index contributed by atoms with van der Waals surface area (Å²) in [6.45, 7) is 7.47. The topological polar surface area (TPSA) is 18.5 Å². The van der Waals surface area contributed by atoms with Crippen molar-refractivity contribution in [3.8, 4) is 0 Å². The molecule has 1 N–H and O–H groups in total. The summed E-state index contributed by atoms with van der Waals surface area (Å²) in [6, 6.07) is 5.97. The molecule has 1 heterocycles. The van der Waals surface area contributed by atoms with E-state index < -0.39 is 0 Å². The Balaban J connectivity index is 2.19. The minimum absolute atomic E-state index is 0.00880. The van der Waals surface area contributed by atoms with Crippen molar-refractivity contribution in [3.63, 3.8) is 0 Å². The summed E-state index contributed by atoms with van der Waals surface area (Å²) >= 11 is 0. The van der Waals surface area contributed by atoms with E-state index in [9.17, 15) is 4.39 Å². The summed E-state index contributed by atoms with van der Waals surface area (Å²) in [5.74, 6) is -0.125. The van der Waals surface area contributed by atoms with Crippen molar-refractivity contribution < 1.29 is 4.39 Å². The summed E-state index contributed by atoms with van der Waals surface area (Å²) in [5.41, 5.74) is 1.77. The molecule has 118 valence electrons. The van der Waals surface area contributed by atoms with Crippen molar-refractivity contribution >= 4 is 5.69 Å². The van der Waals surface area contributed by atoms with Crippen LogP contribution in [0.2, 0.25) is 0 Å². The highest BCUT2D eigenvalue weighted by Gasteiger charge is 2.25. The highest BCUT2D eigenvalue weighted by molar-refractivity contribution is 5.55. The van der Waals surface area contributed by atoms with E-state index in [1.807, 2.05) is 20.0 Å². The highest BCUT2D eigenvalue weighted by Crippen LogP contribution is 2.29. The predicted molar refractivity (Wildman–Crippen MR) is 87.4 cm³/mol. The monoisotopic (exact) mass is 293 g/mol. The molecule has 0 spiro atoms. The van der Waals surface area contributed by atoms with E-state index in [0.717, 1.165) is 24.3 Å². The van der Waals surface area contributed by atoms with Gasteiger partial charge in [0.2, 0.25) is 0 Å². The number of nitrogens with one attached hydrogen (secondary N) is 1. The maximum absolute atomic E-state index is 14.2. The Labute approximate surface area is 128 Å². The number of halogens is 1. The average molecular weight is 293 g/mol. The molecule has 0 aromatic heterocycles. The number of hydrogen-bond donors (Lipinski definition) is 1.